The zero-order chi connectivity index (χ0) is 34.7. The fourth-order valence-corrected chi connectivity index (χ4v) is 6.59. The third-order valence-electron chi connectivity index (χ3n) is 9.19. The lowest BCUT2D eigenvalue weighted by Gasteiger charge is -2.59. The Morgan fingerprint density at radius 1 is 1.15 bits per heavy atom. The second-order valence-electron chi connectivity index (χ2n) is 12.5. The molecular formula is C33H39FN8O6. The molecule has 15 heteroatoms. The van der Waals surface area contributed by atoms with Gasteiger partial charge in [-0.2, -0.15) is 10.2 Å². The van der Waals surface area contributed by atoms with Crippen LogP contribution in [0.25, 0.3) is 32.9 Å². The average molecular weight is 663 g/mol. The molecule has 1 saturated heterocycles. The summed E-state index contributed by atoms with van der Waals surface area (Å²) in [5.41, 5.74) is 8.89. The van der Waals surface area contributed by atoms with E-state index in [1.54, 1.807) is 32.4 Å². The number of hydrogen-bond donors (Lipinski definition) is 3. The standard InChI is InChI=1S/C30H34FN7O3.C3H5NO3/c1-4-35(2)27(41)15-38-23-7-5-6-20(21-11-24-18(10-22(21)31)14-33-36(24)3)28(23)29(34-38)19-12-30(13-19)16-37(17-30)26(40)9-8-25(32)39;5-2-4-1-3(6)7/h5-7,10-11,14,19H,4,8-9,12-13,15-17H2,1-3H3,(H2,32,39);2H,1H2,(H,4,5)(H,6,7). The van der Waals surface area contributed by atoms with Crippen molar-refractivity contribution in [2.24, 2.45) is 18.2 Å². The number of aryl methyl sites for hydroxylation is 1. The fourth-order valence-electron chi connectivity index (χ4n) is 6.59. The number of rotatable bonds is 11. The number of likely N-dealkylation sites (N-methyl/N-ethyl adjacent to an activating group) is 1. The lowest BCUT2D eigenvalue weighted by Crippen LogP contribution is -2.63. The van der Waals surface area contributed by atoms with Gasteiger partial charge in [-0.15, -0.1) is 0 Å². The van der Waals surface area contributed by atoms with E-state index < -0.39 is 11.9 Å². The highest BCUT2D eigenvalue weighted by molar-refractivity contribution is 6.00. The van der Waals surface area contributed by atoms with Gasteiger partial charge in [-0.1, -0.05) is 12.1 Å². The molecule has 1 spiro atoms. The van der Waals surface area contributed by atoms with E-state index in [1.165, 1.54) is 6.07 Å². The number of carboxylic acid groups (broad SMARTS) is 1. The highest BCUT2D eigenvalue weighted by Crippen LogP contribution is 2.57. The smallest absolute Gasteiger partial charge is 0.322 e. The van der Waals surface area contributed by atoms with Crippen LogP contribution in [0.1, 0.15) is 44.2 Å². The summed E-state index contributed by atoms with van der Waals surface area (Å²) < 4.78 is 19.0. The minimum atomic E-state index is -1.04. The Morgan fingerprint density at radius 2 is 1.88 bits per heavy atom. The summed E-state index contributed by atoms with van der Waals surface area (Å²) in [5, 5.41) is 20.6. The maximum Gasteiger partial charge on any atom is 0.322 e. The molecule has 6 rings (SSSR count). The molecule has 2 aromatic heterocycles. The molecule has 4 amide bonds. The zero-order valence-electron chi connectivity index (χ0n) is 27.1. The Hall–Kier alpha value is -5.34. The van der Waals surface area contributed by atoms with Gasteiger partial charge in [0.05, 0.1) is 22.9 Å². The number of likely N-dealkylation sites (tertiary alicyclic amines) is 1. The molecular weight excluding hydrogens is 623 g/mol. The van der Waals surface area contributed by atoms with Crippen molar-refractivity contribution in [1.29, 1.82) is 0 Å². The number of aromatic nitrogens is 4. The van der Waals surface area contributed by atoms with Crippen LogP contribution in [0.5, 0.6) is 0 Å². The van der Waals surface area contributed by atoms with E-state index in [0.29, 0.717) is 31.6 Å². The molecule has 2 fully saturated rings. The van der Waals surface area contributed by atoms with E-state index in [-0.39, 0.29) is 54.9 Å². The van der Waals surface area contributed by atoms with Gasteiger partial charge in [-0.25, -0.2) is 4.39 Å². The highest BCUT2D eigenvalue weighted by atomic mass is 19.1. The lowest BCUT2D eigenvalue weighted by molar-refractivity contribution is -0.152. The maximum atomic E-state index is 15.6. The highest BCUT2D eigenvalue weighted by Gasteiger charge is 2.54. The molecule has 4 N–H and O–H groups in total. The number of aliphatic carboxylic acids is 1. The number of nitrogens with zero attached hydrogens (tertiary/aromatic N) is 6. The first-order chi connectivity index (χ1) is 22.9. The van der Waals surface area contributed by atoms with Crippen molar-refractivity contribution in [3.05, 3.63) is 48.0 Å². The first-order valence-corrected chi connectivity index (χ1v) is 15.7. The summed E-state index contributed by atoms with van der Waals surface area (Å²) in [6.07, 6.45) is 3.88. The average Bonchev–Trinajstić information content (AvgIpc) is 3.56. The number of carbonyl (C=O) groups excluding carboxylic acids is 4. The first-order valence-electron chi connectivity index (χ1n) is 15.7. The normalized spacial score (nSPS) is 15.0. The molecule has 0 unspecified atom stereocenters. The molecule has 0 radical (unpaired) electrons. The van der Waals surface area contributed by atoms with E-state index in [1.807, 2.05) is 43.6 Å². The van der Waals surface area contributed by atoms with E-state index in [0.717, 1.165) is 45.9 Å². The van der Waals surface area contributed by atoms with Crippen LogP contribution < -0.4 is 11.1 Å². The molecule has 1 saturated carbocycles. The van der Waals surface area contributed by atoms with Crippen LogP contribution in [0.4, 0.5) is 4.39 Å². The van der Waals surface area contributed by atoms with E-state index in [4.69, 9.17) is 15.9 Å². The SMILES string of the molecule is CCN(C)C(=O)Cn1nc(C2CC3(C2)CN(C(=O)CCC(N)=O)C3)c2c(-c3cc4c(cnn4C)cc3F)cccc21.O=CNCC(=O)O. The Kier molecular flexibility index (Phi) is 9.77. The molecule has 2 aliphatic rings. The summed E-state index contributed by atoms with van der Waals surface area (Å²) in [7, 11) is 3.60. The minimum Gasteiger partial charge on any atom is -0.480 e. The molecule has 14 nitrogen and oxygen atoms in total. The lowest BCUT2D eigenvalue weighted by atomic mass is 9.56. The number of nitrogens with one attached hydrogen (secondary N) is 1. The monoisotopic (exact) mass is 662 g/mol. The Balaban J connectivity index is 0.000000582. The Labute approximate surface area is 275 Å². The number of nitrogens with two attached hydrogens (primary N) is 1. The van der Waals surface area contributed by atoms with Crippen LogP contribution in [0.2, 0.25) is 0 Å². The van der Waals surface area contributed by atoms with Crippen molar-refractivity contribution in [2.45, 2.75) is 45.1 Å². The fraction of sp³-hybridized carbons (Fsp3) is 0.424. The molecule has 0 atom stereocenters. The number of benzene rings is 2. The molecule has 48 heavy (non-hydrogen) atoms. The van der Waals surface area contributed by atoms with Crippen LogP contribution in [0.3, 0.4) is 0 Å². The zero-order valence-corrected chi connectivity index (χ0v) is 27.1. The van der Waals surface area contributed by atoms with E-state index >= 15 is 4.39 Å². The number of hydrogen-bond acceptors (Lipinski definition) is 7. The van der Waals surface area contributed by atoms with Crippen molar-refractivity contribution in [2.75, 3.05) is 33.2 Å². The van der Waals surface area contributed by atoms with E-state index in [2.05, 4.69) is 5.10 Å². The minimum absolute atomic E-state index is 0.0230. The van der Waals surface area contributed by atoms with Gasteiger partial charge in [-0.3, -0.25) is 33.3 Å². The molecule has 4 aromatic rings. The quantitative estimate of drug-likeness (QED) is 0.204. The number of halogens is 1. The second-order valence-corrected chi connectivity index (χ2v) is 12.5. The number of carbonyl (C=O) groups is 5. The number of primary amides is 1. The summed E-state index contributed by atoms with van der Waals surface area (Å²) in [6, 6.07) is 9.07. The summed E-state index contributed by atoms with van der Waals surface area (Å²) >= 11 is 0. The third-order valence-corrected chi connectivity index (χ3v) is 9.19. The number of carboxylic acids is 1. The molecule has 0 bridgehead atoms. The molecule has 1 aliphatic carbocycles. The van der Waals surface area contributed by atoms with Gasteiger partial charge in [-0.05, 0) is 43.5 Å². The van der Waals surface area contributed by atoms with Crippen molar-refractivity contribution in [3.8, 4) is 11.1 Å². The van der Waals surface area contributed by atoms with Gasteiger partial charge in [0.25, 0.3) is 0 Å². The van der Waals surface area contributed by atoms with Gasteiger partial charge in [0, 0.05) is 74.2 Å². The van der Waals surface area contributed by atoms with Crippen LogP contribution in [-0.4, -0.2) is 97.8 Å². The van der Waals surface area contributed by atoms with Crippen molar-refractivity contribution < 1.29 is 33.5 Å². The number of amides is 4. The predicted octanol–water partition coefficient (Wildman–Crippen LogP) is 2.00. The largest absolute Gasteiger partial charge is 0.480 e. The molecule has 1 aliphatic heterocycles. The van der Waals surface area contributed by atoms with Crippen LogP contribution in [0, 0.1) is 11.2 Å². The third kappa shape index (κ3) is 6.85. The van der Waals surface area contributed by atoms with Crippen LogP contribution in [0.15, 0.2) is 36.5 Å². The second kappa shape index (κ2) is 13.8. The summed E-state index contributed by atoms with van der Waals surface area (Å²) in [4.78, 5) is 58.7. The first kappa shape index (κ1) is 34.0. The van der Waals surface area contributed by atoms with Gasteiger partial charge in [0.15, 0.2) is 0 Å². The van der Waals surface area contributed by atoms with Gasteiger partial charge in [0.1, 0.15) is 18.9 Å². The Morgan fingerprint density at radius 3 is 2.50 bits per heavy atom. The van der Waals surface area contributed by atoms with Crippen LogP contribution in [-0.2, 0) is 37.6 Å². The van der Waals surface area contributed by atoms with Crippen molar-refractivity contribution in [1.82, 2.24) is 34.7 Å². The maximum absolute atomic E-state index is 15.6. The van der Waals surface area contributed by atoms with E-state index in [9.17, 15) is 24.0 Å². The molecule has 3 heterocycles. The molecule has 254 valence electrons. The number of fused-ring (bicyclic) bond motifs is 2. The summed E-state index contributed by atoms with van der Waals surface area (Å²) in [6.45, 7) is 3.60. The Bertz CT molecular complexity index is 1890. The van der Waals surface area contributed by atoms with Gasteiger partial charge in [0.2, 0.25) is 24.1 Å². The topological polar surface area (TPSA) is 186 Å². The van der Waals surface area contributed by atoms with Gasteiger partial charge >= 0.3 is 5.97 Å². The van der Waals surface area contributed by atoms with Gasteiger partial charge < -0.3 is 26.0 Å². The van der Waals surface area contributed by atoms with Crippen LogP contribution >= 0.6 is 0 Å². The summed E-state index contributed by atoms with van der Waals surface area (Å²) in [5.74, 6) is -1.83. The van der Waals surface area contributed by atoms with Crippen molar-refractivity contribution in [3.63, 3.8) is 0 Å². The van der Waals surface area contributed by atoms with Crippen molar-refractivity contribution >= 4 is 51.9 Å². The predicted molar refractivity (Wildman–Crippen MR) is 174 cm³/mol. The molecule has 2 aromatic carbocycles.